The zero-order valence-corrected chi connectivity index (χ0v) is 7.33. The van der Waals surface area contributed by atoms with Crippen molar-refractivity contribution in [2.45, 2.75) is 13.3 Å². The zero-order chi connectivity index (χ0) is 8.81. The maximum atomic E-state index is 8.55. The predicted octanol–water partition coefficient (Wildman–Crippen LogP) is 2.39. The average molecular weight is 162 g/mol. The molecule has 1 nitrogen and oxygen atoms in total. The highest BCUT2D eigenvalue weighted by molar-refractivity contribution is 5.49. The Morgan fingerprint density at radius 1 is 1.42 bits per heavy atom. The first-order valence-electron chi connectivity index (χ1n) is 4.17. The van der Waals surface area contributed by atoms with Crippen LogP contribution in [-0.4, -0.2) is 11.7 Å². The molecule has 12 heavy (non-hydrogen) atoms. The lowest BCUT2D eigenvalue weighted by atomic mass is 10.1. The number of hydrogen-bond donors (Lipinski definition) is 1. The van der Waals surface area contributed by atoms with Crippen molar-refractivity contribution < 1.29 is 5.11 Å². The summed E-state index contributed by atoms with van der Waals surface area (Å²) >= 11 is 0. The van der Waals surface area contributed by atoms with E-state index in [2.05, 4.69) is 25.1 Å². The van der Waals surface area contributed by atoms with Crippen LogP contribution in [0.4, 0.5) is 0 Å². The van der Waals surface area contributed by atoms with Crippen LogP contribution in [-0.2, 0) is 0 Å². The van der Waals surface area contributed by atoms with Gasteiger partial charge >= 0.3 is 0 Å². The van der Waals surface area contributed by atoms with Gasteiger partial charge in [-0.2, -0.15) is 0 Å². The molecular weight excluding hydrogens is 148 g/mol. The molecule has 0 unspecified atom stereocenters. The smallest absolute Gasteiger partial charge is 0.0465 e. The Hall–Kier alpha value is -1.08. The fourth-order valence-electron chi connectivity index (χ4n) is 1.07. The topological polar surface area (TPSA) is 20.2 Å². The van der Waals surface area contributed by atoms with Crippen molar-refractivity contribution in [2.75, 3.05) is 6.61 Å². The minimum atomic E-state index is 0.225. The lowest BCUT2D eigenvalue weighted by Crippen LogP contribution is -1.77. The Morgan fingerprint density at radius 2 is 2.25 bits per heavy atom. The molecule has 1 aromatic rings. The van der Waals surface area contributed by atoms with Crippen LogP contribution in [0.1, 0.15) is 17.5 Å². The predicted molar refractivity (Wildman–Crippen MR) is 51.9 cm³/mol. The summed E-state index contributed by atoms with van der Waals surface area (Å²) in [6.07, 6.45) is 4.74. The summed E-state index contributed by atoms with van der Waals surface area (Å²) in [7, 11) is 0. The normalized spacial score (nSPS) is 10.8. The Balaban J connectivity index is 2.63. The third-order valence-corrected chi connectivity index (χ3v) is 1.65. The highest BCUT2D eigenvalue weighted by Crippen LogP contribution is 2.05. The van der Waals surface area contributed by atoms with Gasteiger partial charge in [0.1, 0.15) is 0 Å². The second-order valence-corrected chi connectivity index (χ2v) is 2.83. The van der Waals surface area contributed by atoms with Gasteiger partial charge in [-0.1, -0.05) is 42.0 Å². The molecule has 0 saturated carbocycles. The highest BCUT2D eigenvalue weighted by atomic mass is 16.2. The Morgan fingerprint density at radius 3 is 2.92 bits per heavy atom. The quantitative estimate of drug-likeness (QED) is 0.723. The Labute approximate surface area is 73.4 Å². The number of aryl methyl sites for hydroxylation is 1. The standard InChI is InChI=1S/C11H14O/c1-10-5-4-7-11(9-10)6-2-3-8-12/h2,4-7,9,12H,3,8H2,1H3. The van der Waals surface area contributed by atoms with E-state index in [0.717, 1.165) is 6.42 Å². The second kappa shape index (κ2) is 4.73. The minimum absolute atomic E-state index is 0.225. The molecule has 0 bridgehead atoms. The molecule has 0 fully saturated rings. The fourth-order valence-corrected chi connectivity index (χ4v) is 1.07. The van der Waals surface area contributed by atoms with E-state index in [9.17, 15) is 0 Å². The van der Waals surface area contributed by atoms with Gasteiger partial charge in [-0.05, 0) is 18.9 Å². The summed E-state index contributed by atoms with van der Waals surface area (Å²) in [4.78, 5) is 0. The molecule has 0 atom stereocenters. The van der Waals surface area contributed by atoms with Crippen LogP contribution in [0.2, 0.25) is 0 Å². The van der Waals surface area contributed by atoms with Gasteiger partial charge in [0, 0.05) is 6.61 Å². The molecule has 64 valence electrons. The lowest BCUT2D eigenvalue weighted by molar-refractivity contribution is 0.303. The molecule has 0 aliphatic rings. The van der Waals surface area contributed by atoms with E-state index in [1.54, 1.807) is 0 Å². The molecule has 0 radical (unpaired) electrons. The molecule has 0 amide bonds. The van der Waals surface area contributed by atoms with Crippen LogP contribution >= 0.6 is 0 Å². The summed E-state index contributed by atoms with van der Waals surface area (Å²) in [6, 6.07) is 8.28. The second-order valence-electron chi connectivity index (χ2n) is 2.83. The van der Waals surface area contributed by atoms with Crippen molar-refractivity contribution in [3.05, 3.63) is 41.5 Å². The van der Waals surface area contributed by atoms with Crippen LogP contribution in [0.5, 0.6) is 0 Å². The third-order valence-electron chi connectivity index (χ3n) is 1.65. The Bertz CT molecular complexity index is 263. The number of aliphatic hydroxyl groups excluding tert-OH is 1. The largest absolute Gasteiger partial charge is 0.396 e. The summed E-state index contributed by atoms with van der Waals surface area (Å²) in [5.74, 6) is 0. The van der Waals surface area contributed by atoms with Crippen molar-refractivity contribution in [3.8, 4) is 0 Å². The van der Waals surface area contributed by atoms with E-state index in [1.807, 2.05) is 18.2 Å². The Kier molecular flexibility index (Phi) is 3.55. The van der Waals surface area contributed by atoms with E-state index in [-0.39, 0.29) is 6.61 Å². The molecule has 0 spiro atoms. The lowest BCUT2D eigenvalue weighted by Gasteiger charge is -1.94. The van der Waals surface area contributed by atoms with Gasteiger partial charge in [0.05, 0.1) is 0 Å². The number of hydrogen-bond acceptors (Lipinski definition) is 1. The summed E-state index contributed by atoms with van der Waals surface area (Å²) in [5.41, 5.74) is 2.46. The molecule has 1 aromatic carbocycles. The molecule has 1 N–H and O–H groups in total. The number of rotatable bonds is 3. The molecule has 1 heteroatoms. The first-order valence-corrected chi connectivity index (χ1v) is 4.17. The SMILES string of the molecule is Cc1cccc(C=CCCO)c1. The van der Waals surface area contributed by atoms with E-state index >= 15 is 0 Å². The van der Waals surface area contributed by atoms with Gasteiger partial charge in [-0.15, -0.1) is 0 Å². The van der Waals surface area contributed by atoms with Crippen molar-refractivity contribution in [1.29, 1.82) is 0 Å². The zero-order valence-electron chi connectivity index (χ0n) is 7.33. The van der Waals surface area contributed by atoms with Crippen LogP contribution in [0.3, 0.4) is 0 Å². The van der Waals surface area contributed by atoms with Crippen LogP contribution in [0.25, 0.3) is 6.08 Å². The first-order chi connectivity index (χ1) is 5.83. The van der Waals surface area contributed by atoms with Gasteiger partial charge in [0.15, 0.2) is 0 Å². The fraction of sp³-hybridized carbons (Fsp3) is 0.273. The van der Waals surface area contributed by atoms with E-state index in [1.165, 1.54) is 11.1 Å². The van der Waals surface area contributed by atoms with E-state index in [0.29, 0.717) is 0 Å². The molecule has 0 heterocycles. The maximum absolute atomic E-state index is 8.55. The molecule has 0 saturated heterocycles. The van der Waals surface area contributed by atoms with Crippen molar-refractivity contribution in [1.82, 2.24) is 0 Å². The first kappa shape index (κ1) is 9.01. The van der Waals surface area contributed by atoms with Gasteiger partial charge in [-0.3, -0.25) is 0 Å². The van der Waals surface area contributed by atoms with Gasteiger partial charge in [-0.25, -0.2) is 0 Å². The average Bonchev–Trinajstić information content (AvgIpc) is 2.05. The van der Waals surface area contributed by atoms with Crippen LogP contribution in [0.15, 0.2) is 30.3 Å². The van der Waals surface area contributed by atoms with Gasteiger partial charge in [0.2, 0.25) is 0 Å². The maximum Gasteiger partial charge on any atom is 0.0465 e. The molecule has 1 rings (SSSR count). The highest BCUT2D eigenvalue weighted by Gasteiger charge is 1.85. The van der Waals surface area contributed by atoms with Crippen LogP contribution in [0, 0.1) is 6.92 Å². The van der Waals surface area contributed by atoms with Crippen LogP contribution < -0.4 is 0 Å². The summed E-state index contributed by atoms with van der Waals surface area (Å²) in [6.45, 7) is 2.30. The summed E-state index contributed by atoms with van der Waals surface area (Å²) < 4.78 is 0. The molecular formula is C11H14O. The van der Waals surface area contributed by atoms with Crippen molar-refractivity contribution in [3.63, 3.8) is 0 Å². The van der Waals surface area contributed by atoms with Crippen molar-refractivity contribution in [2.24, 2.45) is 0 Å². The minimum Gasteiger partial charge on any atom is -0.396 e. The number of aliphatic hydroxyl groups is 1. The van der Waals surface area contributed by atoms with E-state index in [4.69, 9.17) is 5.11 Å². The molecule has 0 aliphatic carbocycles. The monoisotopic (exact) mass is 162 g/mol. The molecule has 0 aliphatic heterocycles. The van der Waals surface area contributed by atoms with Crippen molar-refractivity contribution >= 4 is 6.08 Å². The van der Waals surface area contributed by atoms with E-state index < -0.39 is 0 Å². The van der Waals surface area contributed by atoms with Gasteiger partial charge < -0.3 is 5.11 Å². The number of benzene rings is 1. The summed E-state index contributed by atoms with van der Waals surface area (Å²) in [5, 5.41) is 8.55. The third kappa shape index (κ3) is 2.89. The van der Waals surface area contributed by atoms with Gasteiger partial charge in [0.25, 0.3) is 0 Å². The molecule has 0 aromatic heterocycles.